The first-order valence-corrected chi connectivity index (χ1v) is 12.8. The van der Waals surface area contributed by atoms with Gasteiger partial charge in [0.25, 0.3) is 0 Å². The largest absolute Gasteiger partial charge is 0.335 e. The molecule has 1 aliphatic carbocycles. The van der Waals surface area contributed by atoms with Crippen molar-refractivity contribution in [2.24, 2.45) is 5.92 Å². The summed E-state index contributed by atoms with van der Waals surface area (Å²) in [5, 5.41) is 9.71. The minimum atomic E-state index is -0.558. The zero-order valence-corrected chi connectivity index (χ0v) is 20.4. The summed E-state index contributed by atoms with van der Waals surface area (Å²) in [5.74, 6) is -0.280. The highest BCUT2D eigenvalue weighted by molar-refractivity contribution is 7.14. The lowest BCUT2D eigenvalue weighted by molar-refractivity contribution is -0.122. The number of nitrogens with zero attached hydrogens (tertiary/aromatic N) is 5. The lowest BCUT2D eigenvalue weighted by Gasteiger charge is -2.24. The van der Waals surface area contributed by atoms with Crippen molar-refractivity contribution >= 4 is 45.1 Å². The van der Waals surface area contributed by atoms with Crippen molar-refractivity contribution < 1.29 is 13.6 Å². The van der Waals surface area contributed by atoms with Crippen LogP contribution in [-0.2, 0) is 4.79 Å². The molecule has 0 aliphatic heterocycles. The van der Waals surface area contributed by atoms with Gasteiger partial charge in [-0.2, -0.15) is 9.49 Å². The van der Waals surface area contributed by atoms with Crippen LogP contribution in [0.3, 0.4) is 0 Å². The highest BCUT2D eigenvalue weighted by atomic mass is 32.1. The van der Waals surface area contributed by atoms with Crippen LogP contribution in [0.15, 0.2) is 49.1 Å². The van der Waals surface area contributed by atoms with Crippen molar-refractivity contribution in [2.45, 2.75) is 19.3 Å². The maximum atomic E-state index is 16.0. The van der Waals surface area contributed by atoms with Crippen LogP contribution < -0.4 is 5.32 Å². The van der Waals surface area contributed by atoms with Gasteiger partial charge in [-0.05, 0) is 37.1 Å². The minimum Gasteiger partial charge on any atom is -0.335 e. The zero-order valence-electron chi connectivity index (χ0n) is 19.6. The Kier molecular flexibility index (Phi) is 5.22. The number of amides is 1. The summed E-state index contributed by atoms with van der Waals surface area (Å²) in [6.45, 7) is 0. The van der Waals surface area contributed by atoms with E-state index in [1.54, 1.807) is 24.4 Å². The van der Waals surface area contributed by atoms with E-state index in [0.29, 0.717) is 38.8 Å². The van der Waals surface area contributed by atoms with Crippen LogP contribution in [0.4, 0.5) is 14.5 Å². The lowest BCUT2D eigenvalue weighted by Crippen LogP contribution is -2.28. The molecule has 1 fully saturated rings. The molecule has 0 unspecified atom stereocenters. The van der Waals surface area contributed by atoms with Crippen molar-refractivity contribution in [1.29, 1.82) is 0 Å². The molecule has 0 aromatic carbocycles. The van der Waals surface area contributed by atoms with Crippen LogP contribution in [0.5, 0.6) is 0 Å². The number of rotatable bonds is 5. The molecule has 9 nitrogen and oxygen atoms in total. The molecule has 188 valence electrons. The number of hydrogen-bond donors (Lipinski definition) is 3. The van der Waals surface area contributed by atoms with Gasteiger partial charge in [0.1, 0.15) is 11.5 Å². The number of fused-ring (bicyclic) bond motifs is 2. The first kappa shape index (κ1) is 22.6. The fourth-order valence-electron chi connectivity index (χ4n) is 4.59. The second-order valence-electron chi connectivity index (χ2n) is 9.11. The molecule has 1 aliphatic rings. The lowest BCUT2D eigenvalue weighted by atomic mass is 9.85. The van der Waals surface area contributed by atoms with E-state index >= 15 is 4.39 Å². The van der Waals surface area contributed by atoms with E-state index < -0.39 is 5.82 Å². The van der Waals surface area contributed by atoms with E-state index in [4.69, 9.17) is 0 Å². The van der Waals surface area contributed by atoms with Gasteiger partial charge >= 0.3 is 0 Å². The van der Waals surface area contributed by atoms with Crippen LogP contribution in [0, 0.1) is 16.9 Å². The molecule has 7 rings (SSSR count). The monoisotopic (exact) mass is 528 g/mol. The Balaban J connectivity index is 1.30. The molecule has 3 N–H and O–H groups in total. The minimum absolute atomic E-state index is 0.0135. The van der Waals surface area contributed by atoms with Gasteiger partial charge in [-0.3, -0.25) is 14.9 Å². The topological polar surface area (TPSA) is 125 Å². The van der Waals surface area contributed by atoms with Crippen LogP contribution in [-0.4, -0.2) is 41.0 Å². The third-order valence-electron chi connectivity index (χ3n) is 6.78. The number of carbonyl (C=O) groups excluding carboxylic acids is 1. The molecule has 0 atom stereocenters. The van der Waals surface area contributed by atoms with Crippen molar-refractivity contribution in [1.82, 2.24) is 35.1 Å². The number of H-pyrrole nitrogens is 2. The molecule has 6 heterocycles. The number of pyridine rings is 3. The first-order valence-electron chi connectivity index (χ1n) is 11.9. The first-order chi connectivity index (χ1) is 18.5. The highest BCUT2D eigenvalue weighted by Gasteiger charge is 2.26. The molecular formula is C26H18F2N8OS. The number of aromatic amines is 2. The third kappa shape index (κ3) is 3.72. The van der Waals surface area contributed by atoms with E-state index in [0.717, 1.165) is 36.2 Å². The molecule has 6 aromatic rings. The predicted octanol–water partition coefficient (Wildman–Crippen LogP) is 5.70. The number of nitrogens with one attached hydrogen (secondary N) is 3. The van der Waals surface area contributed by atoms with Crippen LogP contribution >= 0.6 is 11.3 Å². The van der Waals surface area contributed by atoms with Gasteiger partial charge in [0.15, 0.2) is 22.2 Å². The normalized spacial score (nSPS) is 13.7. The Bertz CT molecular complexity index is 1860. The van der Waals surface area contributed by atoms with E-state index in [1.165, 1.54) is 24.7 Å². The van der Waals surface area contributed by atoms with Gasteiger partial charge in [-0.15, -0.1) is 11.3 Å². The van der Waals surface area contributed by atoms with Gasteiger partial charge in [0, 0.05) is 46.1 Å². The molecular weight excluding hydrogens is 510 g/mol. The Hall–Kier alpha value is -4.58. The Labute approximate surface area is 217 Å². The van der Waals surface area contributed by atoms with Crippen LogP contribution in [0.25, 0.3) is 55.3 Å². The maximum absolute atomic E-state index is 16.0. The summed E-state index contributed by atoms with van der Waals surface area (Å²) >= 11 is 1.01. The van der Waals surface area contributed by atoms with Gasteiger partial charge in [-0.1, -0.05) is 6.42 Å². The summed E-state index contributed by atoms with van der Waals surface area (Å²) in [5.41, 5.74) is 3.37. The number of hydrogen-bond acceptors (Lipinski definition) is 7. The molecule has 0 radical (unpaired) electrons. The third-order valence-corrected chi connectivity index (χ3v) is 7.69. The average Bonchev–Trinajstić information content (AvgIpc) is 3.61. The summed E-state index contributed by atoms with van der Waals surface area (Å²) in [4.78, 5) is 33.6. The average molecular weight is 529 g/mol. The van der Waals surface area contributed by atoms with Crippen LogP contribution in [0.2, 0.25) is 0 Å². The number of imidazole rings is 1. The zero-order chi connectivity index (χ0) is 25.8. The molecule has 12 heteroatoms. The Morgan fingerprint density at radius 2 is 1.95 bits per heavy atom. The second kappa shape index (κ2) is 8.77. The van der Waals surface area contributed by atoms with Crippen molar-refractivity contribution in [3.8, 4) is 33.1 Å². The number of anilines is 1. The summed E-state index contributed by atoms with van der Waals surface area (Å²) < 4.78 is 29.7. The summed E-state index contributed by atoms with van der Waals surface area (Å²) in [6, 6.07) is 6.53. The Morgan fingerprint density at radius 1 is 1.05 bits per heavy atom. The Morgan fingerprint density at radius 3 is 2.74 bits per heavy atom. The maximum Gasteiger partial charge on any atom is 0.227 e. The van der Waals surface area contributed by atoms with Gasteiger partial charge in [0.05, 0.1) is 22.8 Å². The molecule has 6 aromatic heterocycles. The number of carbonyl (C=O) groups is 1. The second-order valence-corrected chi connectivity index (χ2v) is 10.1. The van der Waals surface area contributed by atoms with Crippen LogP contribution in [0.1, 0.15) is 19.3 Å². The van der Waals surface area contributed by atoms with Gasteiger partial charge < -0.3 is 10.3 Å². The molecule has 1 saturated carbocycles. The molecule has 0 spiro atoms. The predicted molar refractivity (Wildman–Crippen MR) is 139 cm³/mol. The van der Waals surface area contributed by atoms with Crippen molar-refractivity contribution in [2.75, 3.05) is 5.32 Å². The molecule has 1 amide bonds. The number of thiophene rings is 1. The molecule has 0 bridgehead atoms. The van der Waals surface area contributed by atoms with E-state index in [1.807, 2.05) is 0 Å². The van der Waals surface area contributed by atoms with Crippen molar-refractivity contribution in [3.05, 3.63) is 60.0 Å². The highest BCUT2D eigenvalue weighted by Crippen LogP contribution is 2.36. The van der Waals surface area contributed by atoms with Gasteiger partial charge in [0.2, 0.25) is 5.91 Å². The van der Waals surface area contributed by atoms with E-state index in [9.17, 15) is 9.18 Å². The fraction of sp³-hybridized carbons (Fsp3) is 0.154. The smallest absolute Gasteiger partial charge is 0.227 e. The SMILES string of the molecule is O=C(Nc1cncc(-c2cnc3n[nH]c(-c4nc5nccc(-c6ccc(F)s6)c5[nH]4)c3c2F)c1)C1CCC1. The number of aromatic nitrogens is 7. The quantitative estimate of drug-likeness (QED) is 0.263. The summed E-state index contributed by atoms with van der Waals surface area (Å²) in [6.07, 6.45) is 8.83. The fourth-order valence-corrected chi connectivity index (χ4v) is 5.35. The van der Waals surface area contributed by atoms with E-state index in [2.05, 4.69) is 40.4 Å². The van der Waals surface area contributed by atoms with Crippen molar-refractivity contribution in [3.63, 3.8) is 0 Å². The number of halogens is 2. The van der Waals surface area contributed by atoms with Gasteiger partial charge in [-0.25, -0.2) is 19.3 Å². The molecule has 0 saturated heterocycles. The van der Waals surface area contributed by atoms with E-state index in [-0.39, 0.29) is 33.6 Å². The summed E-state index contributed by atoms with van der Waals surface area (Å²) in [7, 11) is 0. The standard InChI is InChI=1S/C26H18F2N8OS/c27-18-5-4-17(38-18)15-6-7-30-24-21(15)33-25(34-24)22-19-20(28)16(11-31-23(19)36-35-22)13-8-14(10-29-9-13)32-26(37)12-2-1-3-12/h4-12H,1-3H2,(H,32,37)(H,30,33,34)(H,31,35,36). The molecule has 38 heavy (non-hydrogen) atoms.